The summed E-state index contributed by atoms with van der Waals surface area (Å²) < 4.78 is 8.72. The lowest BCUT2D eigenvalue weighted by atomic mass is 10.2. The third-order valence-corrected chi connectivity index (χ3v) is 5.03. The van der Waals surface area contributed by atoms with E-state index in [9.17, 15) is 4.79 Å². The highest BCUT2D eigenvalue weighted by molar-refractivity contribution is 9.10. The van der Waals surface area contributed by atoms with Crippen LogP contribution in [-0.2, 0) is 17.9 Å². The van der Waals surface area contributed by atoms with E-state index in [1.165, 1.54) is 5.56 Å². The van der Waals surface area contributed by atoms with Gasteiger partial charge in [-0.15, -0.1) is 0 Å². The molecule has 4 aromatic rings. The number of benzene rings is 3. The summed E-state index contributed by atoms with van der Waals surface area (Å²) in [6.45, 7) is 2.47. The molecule has 0 aliphatic carbocycles. The molecule has 1 amide bonds. The Hall–Kier alpha value is -3.12. The molecule has 1 N–H and O–H groups in total. The number of aromatic nitrogens is 2. The molecule has 4 rings (SSSR count). The Morgan fingerprint density at radius 2 is 1.86 bits per heavy atom. The van der Waals surface area contributed by atoms with Crippen molar-refractivity contribution in [1.29, 1.82) is 0 Å². The van der Waals surface area contributed by atoms with E-state index in [-0.39, 0.29) is 19.1 Å². The van der Waals surface area contributed by atoms with Crippen molar-refractivity contribution in [2.24, 2.45) is 0 Å². The molecule has 0 radical (unpaired) electrons. The van der Waals surface area contributed by atoms with Crippen LogP contribution in [0.5, 0.6) is 5.75 Å². The maximum atomic E-state index is 12.7. The van der Waals surface area contributed by atoms with Gasteiger partial charge in [0.25, 0.3) is 0 Å². The number of ether oxygens (including phenoxy) is 1. The normalized spacial score (nSPS) is 10.8. The van der Waals surface area contributed by atoms with Crippen molar-refractivity contribution in [3.63, 3.8) is 0 Å². The second kappa shape index (κ2) is 8.49. The summed E-state index contributed by atoms with van der Waals surface area (Å²) in [4.78, 5) is 17.4. The summed E-state index contributed by atoms with van der Waals surface area (Å²) in [5.41, 5.74) is 3.66. The molecule has 0 fully saturated rings. The fraction of sp³-hybridized carbons (Fsp3) is 0.130. The van der Waals surface area contributed by atoms with Gasteiger partial charge in [0.2, 0.25) is 5.91 Å². The lowest BCUT2D eigenvalue weighted by molar-refractivity contribution is -0.116. The van der Waals surface area contributed by atoms with Crippen LogP contribution in [0.1, 0.15) is 11.4 Å². The summed E-state index contributed by atoms with van der Waals surface area (Å²) in [6, 6.07) is 23.2. The van der Waals surface area contributed by atoms with Crippen LogP contribution >= 0.6 is 15.9 Å². The van der Waals surface area contributed by atoms with Gasteiger partial charge in [-0.2, -0.15) is 0 Å². The standard InChI is InChI=1S/C23H20BrN3O2/c1-16-9-11-19(12-10-16)29-15-22-26-20-7-2-3-8-21(20)27(22)14-23(28)25-18-6-4-5-17(24)13-18/h2-13H,14-15H2,1H3,(H,25,28). The Morgan fingerprint density at radius 3 is 2.66 bits per heavy atom. The lowest BCUT2D eigenvalue weighted by Crippen LogP contribution is -2.20. The molecule has 0 aliphatic heterocycles. The summed E-state index contributed by atoms with van der Waals surface area (Å²) in [7, 11) is 0. The van der Waals surface area contributed by atoms with Crippen LogP contribution in [-0.4, -0.2) is 15.5 Å². The van der Waals surface area contributed by atoms with Gasteiger partial charge in [-0.3, -0.25) is 4.79 Å². The molecule has 1 aromatic heterocycles. The molecule has 0 bridgehead atoms. The van der Waals surface area contributed by atoms with Gasteiger partial charge in [-0.1, -0.05) is 51.8 Å². The van der Waals surface area contributed by atoms with Gasteiger partial charge in [-0.05, 0) is 49.4 Å². The average molecular weight is 450 g/mol. The van der Waals surface area contributed by atoms with Crippen LogP contribution < -0.4 is 10.1 Å². The van der Waals surface area contributed by atoms with Crippen molar-refractivity contribution in [3.8, 4) is 5.75 Å². The van der Waals surface area contributed by atoms with Gasteiger partial charge in [0, 0.05) is 10.2 Å². The smallest absolute Gasteiger partial charge is 0.244 e. The third-order valence-electron chi connectivity index (χ3n) is 4.53. The number of carbonyl (C=O) groups is 1. The topological polar surface area (TPSA) is 56.2 Å². The molecule has 0 saturated heterocycles. The first kappa shape index (κ1) is 19.2. The van der Waals surface area contributed by atoms with Crippen LogP contribution in [0.4, 0.5) is 5.69 Å². The largest absolute Gasteiger partial charge is 0.486 e. The molecule has 3 aromatic carbocycles. The Labute approximate surface area is 177 Å². The first-order chi connectivity index (χ1) is 14.1. The summed E-state index contributed by atoms with van der Waals surface area (Å²) in [5, 5.41) is 2.93. The fourth-order valence-electron chi connectivity index (χ4n) is 3.10. The molecule has 146 valence electrons. The van der Waals surface area contributed by atoms with Gasteiger partial charge in [-0.25, -0.2) is 4.98 Å². The SMILES string of the molecule is Cc1ccc(OCc2nc3ccccc3n2CC(=O)Nc2cccc(Br)c2)cc1. The van der Waals surface area contributed by atoms with Crippen molar-refractivity contribution in [1.82, 2.24) is 9.55 Å². The second-order valence-corrected chi connectivity index (χ2v) is 7.68. The molecule has 5 nitrogen and oxygen atoms in total. The van der Waals surface area contributed by atoms with E-state index < -0.39 is 0 Å². The number of para-hydroxylation sites is 2. The average Bonchev–Trinajstić information content (AvgIpc) is 3.05. The van der Waals surface area contributed by atoms with E-state index >= 15 is 0 Å². The molecule has 0 atom stereocenters. The number of rotatable bonds is 6. The van der Waals surface area contributed by atoms with Crippen LogP contribution in [0, 0.1) is 6.92 Å². The lowest BCUT2D eigenvalue weighted by Gasteiger charge is -2.11. The Balaban J connectivity index is 1.56. The van der Waals surface area contributed by atoms with Crippen LogP contribution in [0.3, 0.4) is 0 Å². The zero-order chi connectivity index (χ0) is 20.2. The van der Waals surface area contributed by atoms with E-state index in [4.69, 9.17) is 4.74 Å². The molecule has 0 spiro atoms. The van der Waals surface area contributed by atoms with Crippen molar-refractivity contribution < 1.29 is 9.53 Å². The number of halogens is 1. The highest BCUT2D eigenvalue weighted by atomic mass is 79.9. The maximum absolute atomic E-state index is 12.7. The number of imidazole rings is 1. The Bertz CT molecular complexity index is 1150. The van der Waals surface area contributed by atoms with Gasteiger partial charge in [0.1, 0.15) is 24.7 Å². The molecule has 0 saturated carbocycles. The van der Waals surface area contributed by atoms with Crippen molar-refractivity contribution >= 4 is 38.6 Å². The molecule has 6 heteroatoms. The van der Waals surface area contributed by atoms with E-state index in [1.807, 2.05) is 84.3 Å². The zero-order valence-electron chi connectivity index (χ0n) is 15.9. The molecule has 0 unspecified atom stereocenters. The predicted molar refractivity (Wildman–Crippen MR) is 118 cm³/mol. The van der Waals surface area contributed by atoms with Crippen molar-refractivity contribution in [2.45, 2.75) is 20.1 Å². The fourth-order valence-corrected chi connectivity index (χ4v) is 3.50. The van der Waals surface area contributed by atoms with Gasteiger partial charge in [0.05, 0.1) is 11.0 Å². The Morgan fingerprint density at radius 1 is 1.07 bits per heavy atom. The maximum Gasteiger partial charge on any atom is 0.244 e. The number of amides is 1. The summed E-state index contributed by atoms with van der Waals surface area (Å²) in [5.74, 6) is 1.35. The molecule has 0 aliphatic rings. The minimum Gasteiger partial charge on any atom is -0.486 e. The van der Waals surface area contributed by atoms with Crippen LogP contribution in [0.15, 0.2) is 77.3 Å². The van der Waals surface area contributed by atoms with E-state index in [0.29, 0.717) is 5.82 Å². The minimum atomic E-state index is -0.122. The summed E-state index contributed by atoms with van der Waals surface area (Å²) >= 11 is 3.42. The highest BCUT2D eigenvalue weighted by Gasteiger charge is 2.14. The number of nitrogens with zero attached hydrogens (tertiary/aromatic N) is 2. The molecule has 29 heavy (non-hydrogen) atoms. The number of hydrogen-bond donors (Lipinski definition) is 1. The third kappa shape index (κ3) is 4.66. The minimum absolute atomic E-state index is 0.122. The van der Waals surface area contributed by atoms with E-state index in [1.54, 1.807) is 0 Å². The predicted octanol–water partition coefficient (Wildman–Crippen LogP) is 5.32. The second-order valence-electron chi connectivity index (χ2n) is 6.76. The number of carbonyl (C=O) groups excluding carboxylic acids is 1. The van der Waals surface area contributed by atoms with Gasteiger partial charge < -0.3 is 14.6 Å². The van der Waals surface area contributed by atoms with Gasteiger partial charge in [0.15, 0.2) is 0 Å². The number of aryl methyl sites for hydroxylation is 1. The first-order valence-corrected chi connectivity index (χ1v) is 10.1. The quantitative estimate of drug-likeness (QED) is 0.432. The molecular formula is C23H20BrN3O2. The molecule has 1 heterocycles. The monoisotopic (exact) mass is 449 g/mol. The first-order valence-electron chi connectivity index (χ1n) is 9.27. The Kier molecular flexibility index (Phi) is 5.62. The van der Waals surface area contributed by atoms with Crippen molar-refractivity contribution in [3.05, 3.63) is 88.7 Å². The van der Waals surface area contributed by atoms with Crippen LogP contribution in [0.25, 0.3) is 11.0 Å². The van der Waals surface area contributed by atoms with E-state index in [2.05, 4.69) is 26.2 Å². The van der Waals surface area contributed by atoms with Gasteiger partial charge >= 0.3 is 0 Å². The number of hydrogen-bond acceptors (Lipinski definition) is 3. The summed E-state index contributed by atoms with van der Waals surface area (Å²) in [6.07, 6.45) is 0. The molecular weight excluding hydrogens is 430 g/mol. The van der Waals surface area contributed by atoms with Crippen LogP contribution in [0.2, 0.25) is 0 Å². The van der Waals surface area contributed by atoms with Crippen molar-refractivity contribution in [2.75, 3.05) is 5.32 Å². The van der Waals surface area contributed by atoms with E-state index in [0.717, 1.165) is 26.9 Å². The number of anilines is 1. The zero-order valence-corrected chi connectivity index (χ0v) is 17.5. The number of fused-ring (bicyclic) bond motifs is 1. The number of nitrogens with one attached hydrogen (secondary N) is 1. The highest BCUT2D eigenvalue weighted by Crippen LogP contribution is 2.20.